The van der Waals surface area contributed by atoms with Crippen molar-refractivity contribution in [3.8, 4) is 0 Å². The summed E-state index contributed by atoms with van der Waals surface area (Å²) >= 11 is 0. The van der Waals surface area contributed by atoms with Crippen LogP contribution in [0.4, 0.5) is 0 Å². The lowest BCUT2D eigenvalue weighted by Gasteiger charge is -2.35. The molecule has 1 aliphatic heterocycles. The Bertz CT molecular complexity index is 896. The normalized spacial score (nSPS) is 16.5. The number of rotatable bonds is 4. The van der Waals surface area contributed by atoms with Crippen LogP contribution in [-0.4, -0.2) is 37.5 Å². The Hall–Kier alpha value is -2.96. The van der Waals surface area contributed by atoms with Crippen LogP contribution in [-0.2, 0) is 17.6 Å². The molecule has 4 heterocycles. The van der Waals surface area contributed by atoms with Crippen LogP contribution in [0.2, 0.25) is 0 Å². The van der Waals surface area contributed by atoms with E-state index in [1.807, 2.05) is 30.9 Å². The van der Waals surface area contributed by atoms with Gasteiger partial charge in [-0.05, 0) is 38.0 Å². The fourth-order valence-corrected chi connectivity index (χ4v) is 3.66. The van der Waals surface area contributed by atoms with Crippen molar-refractivity contribution in [2.45, 2.75) is 39.2 Å². The first kappa shape index (κ1) is 16.5. The van der Waals surface area contributed by atoms with Gasteiger partial charge in [0.05, 0.1) is 17.7 Å². The Labute approximate surface area is 151 Å². The third-order valence-corrected chi connectivity index (χ3v) is 5.04. The number of nitrogens with zero attached hydrogens (tertiary/aromatic N) is 4. The molecule has 0 bridgehead atoms. The number of aromatic amines is 1. The molecule has 26 heavy (non-hydrogen) atoms. The lowest BCUT2D eigenvalue weighted by Crippen LogP contribution is -2.40. The zero-order valence-electron chi connectivity index (χ0n) is 14.9. The number of aromatic nitrogens is 4. The second-order valence-corrected chi connectivity index (χ2v) is 6.59. The van der Waals surface area contributed by atoms with Crippen LogP contribution in [0.15, 0.2) is 35.4 Å². The summed E-state index contributed by atoms with van der Waals surface area (Å²) in [6.07, 6.45) is 7.05. The van der Waals surface area contributed by atoms with E-state index in [0.717, 1.165) is 40.4 Å². The molecule has 1 aliphatic rings. The van der Waals surface area contributed by atoms with E-state index in [1.54, 1.807) is 18.7 Å². The first-order valence-corrected chi connectivity index (χ1v) is 8.78. The minimum absolute atomic E-state index is 0.112. The molecule has 7 heteroatoms. The lowest BCUT2D eigenvalue weighted by atomic mass is 9.95. The summed E-state index contributed by atoms with van der Waals surface area (Å²) in [5.41, 5.74) is 4.93. The van der Waals surface area contributed by atoms with Crippen LogP contribution in [0.5, 0.6) is 0 Å². The van der Waals surface area contributed by atoms with Crippen molar-refractivity contribution in [1.82, 2.24) is 25.0 Å². The van der Waals surface area contributed by atoms with Gasteiger partial charge >= 0.3 is 0 Å². The summed E-state index contributed by atoms with van der Waals surface area (Å²) in [6.45, 7) is 4.46. The summed E-state index contributed by atoms with van der Waals surface area (Å²) in [4.78, 5) is 26.8. The maximum absolute atomic E-state index is 13.1. The van der Waals surface area contributed by atoms with Gasteiger partial charge in [-0.15, -0.1) is 0 Å². The average molecular weight is 351 g/mol. The molecule has 0 unspecified atom stereocenters. The van der Waals surface area contributed by atoms with Gasteiger partial charge in [-0.2, -0.15) is 0 Å². The second kappa shape index (κ2) is 6.74. The molecule has 7 nitrogen and oxygen atoms in total. The van der Waals surface area contributed by atoms with E-state index in [0.29, 0.717) is 19.4 Å². The number of carbonyl (C=O) groups is 1. The van der Waals surface area contributed by atoms with Crippen LogP contribution in [0.1, 0.15) is 46.4 Å². The Morgan fingerprint density at radius 2 is 2.15 bits per heavy atom. The predicted molar refractivity (Wildman–Crippen MR) is 94.4 cm³/mol. The summed E-state index contributed by atoms with van der Waals surface area (Å²) < 4.78 is 5.20. The molecule has 0 fully saturated rings. The molecule has 1 amide bonds. The average Bonchev–Trinajstić information content (AvgIpc) is 3.26. The van der Waals surface area contributed by atoms with Crippen molar-refractivity contribution < 1.29 is 9.32 Å². The van der Waals surface area contributed by atoms with Gasteiger partial charge < -0.3 is 14.4 Å². The van der Waals surface area contributed by atoms with E-state index in [-0.39, 0.29) is 11.9 Å². The first-order chi connectivity index (χ1) is 12.6. The highest BCUT2D eigenvalue weighted by Gasteiger charge is 2.33. The monoisotopic (exact) mass is 351 g/mol. The number of H-pyrrole nitrogens is 1. The molecule has 1 atom stereocenters. The zero-order valence-corrected chi connectivity index (χ0v) is 14.9. The number of fused-ring (bicyclic) bond motifs is 1. The van der Waals surface area contributed by atoms with E-state index < -0.39 is 0 Å². The van der Waals surface area contributed by atoms with Gasteiger partial charge in [0.25, 0.3) is 0 Å². The number of amides is 1. The highest BCUT2D eigenvalue weighted by atomic mass is 16.5. The van der Waals surface area contributed by atoms with Crippen LogP contribution >= 0.6 is 0 Å². The minimum atomic E-state index is -0.176. The zero-order chi connectivity index (χ0) is 18.1. The summed E-state index contributed by atoms with van der Waals surface area (Å²) in [7, 11) is 0. The molecular formula is C19H21N5O2. The number of hydrogen-bond acceptors (Lipinski definition) is 5. The molecule has 3 aromatic rings. The maximum atomic E-state index is 13.1. The van der Waals surface area contributed by atoms with Crippen molar-refractivity contribution >= 4 is 5.91 Å². The highest BCUT2D eigenvalue weighted by Crippen LogP contribution is 2.33. The third kappa shape index (κ3) is 2.89. The van der Waals surface area contributed by atoms with Crippen molar-refractivity contribution in [3.05, 3.63) is 64.8 Å². The van der Waals surface area contributed by atoms with Gasteiger partial charge in [-0.25, -0.2) is 4.98 Å². The Kier molecular flexibility index (Phi) is 4.28. The second-order valence-electron chi connectivity index (χ2n) is 6.59. The molecule has 0 aromatic carbocycles. The summed E-state index contributed by atoms with van der Waals surface area (Å²) in [5.74, 6) is 0.898. The molecule has 3 aromatic heterocycles. The molecule has 1 N–H and O–H groups in total. The van der Waals surface area contributed by atoms with E-state index in [1.165, 1.54) is 0 Å². The molecule has 0 saturated heterocycles. The van der Waals surface area contributed by atoms with Gasteiger partial charge in [-0.1, -0.05) is 5.16 Å². The van der Waals surface area contributed by atoms with Crippen molar-refractivity contribution in [3.63, 3.8) is 0 Å². The van der Waals surface area contributed by atoms with Crippen molar-refractivity contribution in [2.24, 2.45) is 0 Å². The molecule has 4 rings (SSSR count). The highest BCUT2D eigenvalue weighted by molar-refractivity contribution is 5.78. The van der Waals surface area contributed by atoms with E-state index >= 15 is 0 Å². The van der Waals surface area contributed by atoms with Crippen LogP contribution in [0, 0.1) is 13.8 Å². The van der Waals surface area contributed by atoms with E-state index in [2.05, 4.69) is 20.1 Å². The van der Waals surface area contributed by atoms with Crippen LogP contribution in [0.3, 0.4) is 0 Å². The summed E-state index contributed by atoms with van der Waals surface area (Å²) in [5, 5.41) is 3.97. The fraction of sp³-hybridized carbons (Fsp3) is 0.368. The Balaban J connectivity index is 1.59. The van der Waals surface area contributed by atoms with Gasteiger partial charge in [0.1, 0.15) is 11.8 Å². The molecule has 0 spiro atoms. The number of carbonyl (C=O) groups excluding carboxylic acids is 1. The van der Waals surface area contributed by atoms with Gasteiger partial charge in [0.15, 0.2) is 0 Å². The molecule has 0 radical (unpaired) electrons. The number of pyridine rings is 1. The van der Waals surface area contributed by atoms with Crippen molar-refractivity contribution in [1.29, 1.82) is 0 Å². The smallest absolute Gasteiger partial charge is 0.223 e. The van der Waals surface area contributed by atoms with Gasteiger partial charge in [0.2, 0.25) is 5.91 Å². The number of nitrogens with one attached hydrogen (secondary N) is 1. The van der Waals surface area contributed by atoms with Crippen LogP contribution in [0.25, 0.3) is 0 Å². The molecule has 0 aliphatic carbocycles. The first-order valence-electron chi connectivity index (χ1n) is 8.78. The lowest BCUT2D eigenvalue weighted by molar-refractivity contribution is -0.133. The SMILES string of the molecule is Cc1noc(C)c1CCC(=O)N1CCc2[nH]cnc2[C@H]1c1ccncc1. The standard InChI is InChI=1S/C19H21N5O2/c1-12-15(13(2)26-23-12)3-4-17(25)24-10-7-16-18(22-11-21-16)19(24)14-5-8-20-9-6-14/h5-6,8-9,11,19H,3-4,7,10H2,1-2H3,(H,21,22)/t19-/m1/s1. The van der Waals surface area contributed by atoms with Gasteiger partial charge in [0, 0.05) is 43.0 Å². The molecular weight excluding hydrogens is 330 g/mol. The number of hydrogen-bond donors (Lipinski definition) is 1. The summed E-state index contributed by atoms with van der Waals surface area (Å²) in [6, 6.07) is 3.72. The minimum Gasteiger partial charge on any atom is -0.361 e. The van der Waals surface area contributed by atoms with Crippen molar-refractivity contribution in [2.75, 3.05) is 6.54 Å². The van der Waals surface area contributed by atoms with E-state index in [9.17, 15) is 4.79 Å². The fourth-order valence-electron chi connectivity index (χ4n) is 3.66. The third-order valence-electron chi connectivity index (χ3n) is 5.04. The Morgan fingerprint density at radius 3 is 2.88 bits per heavy atom. The Morgan fingerprint density at radius 1 is 1.35 bits per heavy atom. The number of imidazole rings is 1. The molecule has 0 saturated carbocycles. The van der Waals surface area contributed by atoms with E-state index in [4.69, 9.17) is 4.52 Å². The maximum Gasteiger partial charge on any atom is 0.223 e. The van der Waals surface area contributed by atoms with Crippen LogP contribution < -0.4 is 0 Å². The van der Waals surface area contributed by atoms with Gasteiger partial charge in [-0.3, -0.25) is 9.78 Å². The molecule has 134 valence electrons. The number of aryl methyl sites for hydroxylation is 2. The largest absolute Gasteiger partial charge is 0.361 e. The predicted octanol–water partition coefficient (Wildman–Crippen LogP) is 2.52. The quantitative estimate of drug-likeness (QED) is 0.780. The topological polar surface area (TPSA) is 87.9 Å².